The van der Waals surface area contributed by atoms with E-state index >= 15 is 0 Å². The van der Waals surface area contributed by atoms with E-state index in [1.165, 1.54) is 42.1 Å². The third-order valence-electron chi connectivity index (χ3n) is 3.86. The minimum Gasteiger partial charge on any atom is -0.340 e. The third-order valence-corrected chi connectivity index (χ3v) is 3.86. The van der Waals surface area contributed by atoms with Crippen molar-refractivity contribution in [3.05, 3.63) is 65.2 Å². The van der Waals surface area contributed by atoms with Crippen LogP contribution in [0.2, 0.25) is 0 Å². The average molecular weight is 397 g/mol. The second kappa shape index (κ2) is 9.32. The van der Waals surface area contributed by atoms with Crippen molar-refractivity contribution in [3.8, 4) is 0 Å². The SMILES string of the molecule is CN(CC(=O)Nc1ccc(F)c(F)c1F)CC(=O)N(C)Cc1cccc(F)c1. The van der Waals surface area contributed by atoms with E-state index in [1.807, 2.05) is 0 Å². The first kappa shape index (κ1) is 21.4. The topological polar surface area (TPSA) is 52.7 Å². The molecule has 0 aromatic heterocycles. The van der Waals surface area contributed by atoms with Crippen molar-refractivity contribution in [1.29, 1.82) is 0 Å². The molecule has 0 atom stereocenters. The van der Waals surface area contributed by atoms with Crippen molar-refractivity contribution in [1.82, 2.24) is 9.80 Å². The summed E-state index contributed by atoms with van der Waals surface area (Å²) in [6.07, 6.45) is 0. The Labute approximate surface area is 159 Å². The van der Waals surface area contributed by atoms with Crippen molar-refractivity contribution >= 4 is 17.5 Å². The maximum absolute atomic E-state index is 13.6. The first-order valence-electron chi connectivity index (χ1n) is 8.27. The van der Waals surface area contributed by atoms with Crippen LogP contribution in [0, 0.1) is 23.3 Å². The van der Waals surface area contributed by atoms with Crippen LogP contribution < -0.4 is 5.32 Å². The molecule has 0 fully saturated rings. The first-order chi connectivity index (χ1) is 13.2. The molecule has 0 saturated carbocycles. The zero-order chi connectivity index (χ0) is 20.8. The van der Waals surface area contributed by atoms with Gasteiger partial charge in [-0.1, -0.05) is 12.1 Å². The maximum atomic E-state index is 13.6. The molecular formula is C19H19F4N3O2. The lowest BCUT2D eigenvalue weighted by molar-refractivity contribution is -0.131. The predicted octanol–water partition coefficient (Wildman–Crippen LogP) is 2.77. The highest BCUT2D eigenvalue weighted by atomic mass is 19.2. The summed E-state index contributed by atoms with van der Waals surface area (Å²) in [6.45, 7) is -0.214. The molecule has 0 aliphatic rings. The molecule has 0 aliphatic heterocycles. The Morgan fingerprint density at radius 1 is 0.964 bits per heavy atom. The number of hydrogen-bond donors (Lipinski definition) is 1. The zero-order valence-corrected chi connectivity index (χ0v) is 15.3. The molecule has 0 unspecified atom stereocenters. The van der Waals surface area contributed by atoms with Crippen LogP contribution in [0.25, 0.3) is 0 Å². The second-order valence-corrected chi connectivity index (χ2v) is 6.32. The minimum absolute atomic E-state index is 0.125. The number of anilines is 1. The molecule has 2 aromatic carbocycles. The molecule has 0 bridgehead atoms. The summed E-state index contributed by atoms with van der Waals surface area (Å²) < 4.78 is 52.9. The van der Waals surface area contributed by atoms with E-state index in [1.54, 1.807) is 6.07 Å². The number of nitrogens with zero attached hydrogens (tertiary/aromatic N) is 2. The number of nitrogens with one attached hydrogen (secondary N) is 1. The normalized spacial score (nSPS) is 10.8. The molecule has 0 heterocycles. The maximum Gasteiger partial charge on any atom is 0.238 e. The Bertz CT molecular complexity index is 876. The smallest absolute Gasteiger partial charge is 0.238 e. The van der Waals surface area contributed by atoms with E-state index in [0.717, 1.165) is 6.07 Å². The summed E-state index contributed by atoms with van der Waals surface area (Å²) >= 11 is 0. The van der Waals surface area contributed by atoms with Gasteiger partial charge in [-0.15, -0.1) is 0 Å². The highest BCUT2D eigenvalue weighted by Crippen LogP contribution is 2.19. The number of amides is 2. The van der Waals surface area contributed by atoms with E-state index in [0.29, 0.717) is 11.6 Å². The van der Waals surface area contributed by atoms with Gasteiger partial charge in [-0.2, -0.15) is 0 Å². The Morgan fingerprint density at radius 3 is 2.36 bits per heavy atom. The lowest BCUT2D eigenvalue weighted by Crippen LogP contribution is -2.39. The van der Waals surface area contributed by atoms with Gasteiger partial charge in [0.15, 0.2) is 17.5 Å². The summed E-state index contributed by atoms with van der Waals surface area (Å²) in [5, 5.41) is 2.13. The monoisotopic (exact) mass is 397 g/mol. The Hall–Kier alpha value is -2.94. The quantitative estimate of drug-likeness (QED) is 0.578. The average Bonchev–Trinajstić information content (AvgIpc) is 2.62. The summed E-state index contributed by atoms with van der Waals surface area (Å²) in [6, 6.07) is 7.44. The largest absolute Gasteiger partial charge is 0.340 e. The van der Waals surface area contributed by atoms with Gasteiger partial charge >= 0.3 is 0 Å². The molecule has 9 heteroatoms. The standard InChI is InChI=1S/C19H19F4N3O2/c1-25(10-16(27)24-15-7-6-14(21)18(22)19(15)23)11-17(28)26(2)9-12-4-3-5-13(20)8-12/h3-8H,9-11H2,1-2H3,(H,24,27). The molecule has 2 rings (SSSR count). The van der Waals surface area contributed by atoms with Crippen LogP contribution in [-0.4, -0.2) is 48.8 Å². The van der Waals surface area contributed by atoms with Crippen LogP contribution >= 0.6 is 0 Å². The van der Waals surface area contributed by atoms with Gasteiger partial charge in [0.25, 0.3) is 0 Å². The minimum atomic E-state index is -1.68. The van der Waals surface area contributed by atoms with Crippen molar-refractivity contribution in [2.24, 2.45) is 0 Å². The van der Waals surface area contributed by atoms with E-state index in [2.05, 4.69) is 5.32 Å². The van der Waals surface area contributed by atoms with Crippen molar-refractivity contribution < 1.29 is 27.2 Å². The zero-order valence-electron chi connectivity index (χ0n) is 15.3. The molecule has 0 radical (unpaired) electrons. The number of benzene rings is 2. The molecule has 0 spiro atoms. The highest BCUT2D eigenvalue weighted by molar-refractivity contribution is 5.92. The van der Waals surface area contributed by atoms with Crippen molar-refractivity contribution in [2.75, 3.05) is 32.5 Å². The summed E-state index contributed by atoms with van der Waals surface area (Å²) in [5.41, 5.74) is 0.122. The molecule has 150 valence electrons. The van der Waals surface area contributed by atoms with Gasteiger partial charge in [-0.05, 0) is 36.9 Å². The lowest BCUT2D eigenvalue weighted by atomic mass is 10.2. The number of hydrogen-bond acceptors (Lipinski definition) is 3. The fourth-order valence-corrected chi connectivity index (χ4v) is 2.46. The molecule has 0 saturated heterocycles. The molecule has 5 nitrogen and oxygen atoms in total. The van der Waals surface area contributed by atoms with Gasteiger partial charge in [-0.3, -0.25) is 14.5 Å². The van der Waals surface area contributed by atoms with Crippen molar-refractivity contribution in [2.45, 2.75) is 6.54 Å². The van der Waals surface area contributed by atoms with Gasteiger partial charge in [0.2, 0.25) is 11.8 Å². The molecule has 1 N–H and O–H groups in total. The van der Waals surface area contributed by atoms with Crippen LogP contribution in [0.1, 0.15) is 5.56 Å². The summed E-state index contributed by atoms with van der Waals surface area (Å²) in [5.74, 6) is -5.97. The molecule has 0 aliphatic carbocycles. The second-order valence-electron chi connectivity index (χ2n) is 6.32. The van der Waals surface area contributed by atoms with Crippen LogP contribution in [-0.2, 0) is 16.1 Å². The first-order valence-corrected chi connectivity index (χ1v) is 8.27. The molecule has 28 heavy (non-hydrogen) atoms. The van der Waals surface area contributed by atoms with E-state index in [9.17, 15) is 27.2 Å². The van der Waals surface area contributed by atoms with Crippen LogP contribution in [0.4, 0.5) is 23.2 Å². The molecular weight excluding hydrogens is 378 g/mol. The van der Waals surface area contributed by atoms with E-state index < -0.39 is 34.9 Å². The highest BCUT2D eigenvalue weighted by Gasteiger charge is 2.18. The Balaban J connectivity index is 1.87. The Kier molecular flexibility index (Phi) is 7.11. The van der Waals surface area contributed by atoms with Gasteiger partial charge in [0.1, 0.15) is 5.82 Å². The number of rotatable bonds is 7. The summed E-state index contributed by atoms with van der Waals surface area (Å²) in [4.78, 5) is 26.9. The lowest BCUT2D eigenvalue weighted by Gasteiger charge is -2.22. The molecule has 2 amide bonds. The fourth-order valence-electron chi connectivity index (χ4n) is 2.46. The fraction of sp³-hybridized carbons (Fsp3) is 0.263. The van der Waals surface area contributed by atoms with Crippen molar-refractivity contribution in [3.63, 3.8) is 0 Å². The van der Waals surface area contributed by atoms with Crippen LogP contribution in [0.3, 0.4) is 0 Å². The van der Waals surface area contributed by atoms with Crippen LogP contribution in [0.5, 0.6) is 0 Å². The third kappa shape index (κ3) is 5.78. The predicted molar refractivity (Wildman–Crippen MR) is 95.3 cm³/mol. The number of carbonyl (C=O) groups excluding carboxylic acids is 2. The van der Waals surface area contributed by atoms with Gasteiger partial charge in [0.05, 0.1) is 18.8 Å². The summed E-state index contributed by atoms with van der Waals surface area (Å²) in [7, 11) is 3.03. The van der Waals surface area contributed by atoms with Gasteiger partial charge < -0.3 is 10.2 Å². The van der Waals surface area contributed by atoms with Gasteiger partial charge in [-0.25, -0.2) is 17.6 Å². The van der Waals surface area contributed by atoms with E-state index in [-0.39, 0.29) is 25.5 Å². The number of carbonyl (C=O) groups is 2. The van der Waals surface area contributed by atoms with Crippen LogP contribution in [0.15, 0.2) is 36.4 Å². The van der Waals surface area contributed by atoms with Gasteiger partial charge in [0, 0.05) is 13.6 Å². The molecule has 2 aromatic rings. The number of halogens is 4. The van der Waals surface area contributed by atoms with E-state index in [4.69, 9.17) is 0 Å². The number of likely N-dealkylation sites (N-methyl/N-ethyl adjacent to an activating group) is 2. The Morgan fingerprint density at radius 2 is 1.68 bits per heavy atom.